The highest BCUT2D eigenvalue weighted by Gasteiger charge is 2.47. The first-order chi connectivity index (χ1) is 39.6. The molecule has 0 bridgehead atoms. The van der Waals surface area contributed by atoms with Gasteiger partial charge in [0.15, 0.2) is 0 Å². The fourth-order valence-corrected chi connectivity index (χ4v) is 18.0. The van der Waals surface area contributed by atoms with E-state index in [-0.39, 0.29) is 28.4 Å². The van der Waals surface area contributed by atoms with Gasteiger partial charge in [0.2, 0.25) is 0 Å². The molecule has 0 N–H and O–H groups in total. The first-order valence-corrected chi connectivity index (χ1v) is 31.0. The fraction of sp³-hybridized carbons (Fsp3) is 0.211. The number of nitrogens with zero attached hydrogens (tertiary/aromatic N) is 3. The lowest BCUT2D eigenvalue weighted by molar-refractivity contribution is 0.332. The van der Waals surface area contributed by atoms with E-state index >= 15 is 0 Å². The summed E-state index contributed by atoms with van der Waals surface area (Å²) in [5.41, 5.74) is 25.5. The Bertz CT molecular complexity index is 4300. The number of anilines is 9. The fourth-order valence-electron chi connectivity index (χ4n) is 15.2. The van der Waals surface area contributed by atoms with Crippen molar-refractivity contribution in [2.75, 3.05) is 14.7 Å². The molecular weight excluding hydrogens is 1010 g/mol. The van der Waals surface area contributed by atoms with Crippen molar-refractivity contribution in [3.63, 3.8) is 0 Å². The van der Waals surface area contributed by atoms with Gasteiger partial charge in [0.25, 0.3) is 6.71 Å². The van der Waals surface area contributed by atoms with Crippen LogP contribution in [0, 0.1) is 0 Å². The number of hydrogen-bond acceptors (Lipinski definition) is 4. The molecular formula is C76H68BN3OS. The summed E-state index contributed by atoms with van der Waals surface area (Å²) in [6.07, 6.45) is 4.69. The second-order valence-corrected chi connectivity index (χ2v) is 28.7. The van der Waals surface area contributed by atoms with Crippen LogP contribution < -0.4 is 35.8 Å². The molecule has 0 saturated heterocycles. The Hall–Kier alpha value is -8.19. The van der Waals surface area contributed by atoms with Gasteiger partial charge in [-0.1, -0.05) is 183 Å². The van der Waals surface area contributed by atoms with Gasteiger partial charge in [0.1, 0.15) is 11.5 Å². The highest BCUT2D eigenvalue weighted by molar-refractivity contribution is 8.17. The summed E-state index contributed by atoms with van der Waals surface area (Å²) < 4.78 is 7.24. The van der Waals surface area contributed by atoms with Gasteiger partial charge in [-0.25, -0.2) is 0 Å². The molecule has 0 aromatic heterocycles. The van der Waals surface area contributed by atoms with Gasteiger partial charge in [-0.15, -0.1) is 0 Å². The van der Waals surface area contributed by atoms with Gasteiger partial charge in [-0.2, -0.15) is 10.9 Å². The molecule has 402 valence electrons. The van der Waals surface area contributed by atoms with Crippen LogP contribution in [0.3, 0.4) is 0 Å². The van der Waals surface area contributed by atoms with Crippen LogP contribution >= 0.6 is 10.9 Å². The van der Waals surface area contributed by atoms with Gasteiger partial charge in [-0.05, 0) is 193 Å². The van der Waals surface area contributed by atoms with E-state index in [4.69, 9.17) is 4.74 Å². The van der Waals surface area contributed by atoms with Crippen LogP contribution in [0.5, 0.6) is 11.5 Å². The average Bonchev–Trinajstić information content (AvgIpc) is 1.32. The van der Waals surface area contributed by atoms with Crippen molar-refractivity contribution in [2.45, 2.75) is 117 Å². The molecule has 0 saturated carbocycles. The summed E-state index contributed by atoms with van der Waals surface area (Å²) >= 11 is 0. The smallest absolute Gasteiger partial charge is 0.256 e. The van der Waals surface area contributed by atoms with Crippen LogP contribution in [0.4, 0.5) is 51.2 Å². The first kappa shape index (κ1) is 49.6. The Kier molecular flexibility index (Phi) is 10.7. The van der Waals surface area contributed by atoms with E-state index in [1.165, 1.54) is 111 Å². The number of rotatable bonds is 5. The summed E-state index contributed by atoms with van der Waals surface area (Å²) in [7, 11) is -1.12. The van der Waals surface area contributed by atoms with Crippen molar-refractivity contribution in [2.24, 2.45) is 0 Å². The Labute approximate surface area is 487 Å². The molecule has 6 heteroatoms. The number of para-hydroxylation sites is 5. The Morgan fingerprint density at radius 2 is 0.805 bits per heavy atom. The normalized spacial score (nSPS) is 18.8. The van der Waals surface area contributed by atoms with Crippen molar-refractivity contribution in [1.29, 1.82) is 0 Å². The van der Waals surface area contributed by atoms with Crippen LogP contribution in [-0.2, 0) is 21.7 Å². The van der Waals surface area contributed by atoms with Crippen LogP contribution in [0.1, 0.15) is 103 Å². The minimum atomic E-state index is -1.12. The standard InChI is InChI=1S/C76H68BN3OS/c1-73(2)36-38-75(5,6)57-40-48(32-34-55(57)73)50-43-65-72-66(44-50)80(54-26-16-11-17-27-54)63-47-62-60(46-70(63)82(72)69-31-21-19-29-61(69)78(65)52-22-12-9-13-23-52)77-59-28-18-20-30-67(59)81-68-45-51(42-64(71(68)77)79(62)53-24-14-10-15-25-53)49-33-35-56-58(41-49)76(7,8)39-37-74(56,3)4/h9-35,40-47,82H,36-39H2,1-8H3. The van der Waals surface area contributed by atoms with Crippen LogP contribution in [0.2, 0.25) is 0 Å². The minimum Gasteiger partial charge on any atom is -0.458 e. The molecule has 82 heavy (non-hydrogen) atoms. The quantitative estimate of drug-likeness (QED) is 0.137. The van der Waals surface area contributed by atoms with E-state index in [0.29, 0.717) is 0 Å². The zero-order valence-corrected chi connectivity index (χ0v) is 49.2. The van der Waals surface area contributed by atoms with E-state index in [1.807, 2.05) is 0 Å². The summed E-state index contributed by atoms with van der Waals surface area (Å²) in [6, 6.07) is 81.3. The molecule has 1 unspecified atom stereocenters. The summed E-state index contributed by atoms with van der Waals surface area (Å²) in [5, 5.41) is 0. The van der Waals surface area contributed by atoms with Crippen molar-refractivity contribution < 1.29 is 4.74 Å². The first-order valence-electron chi connectivity index (χ1n) is 29.7. The van der Waals surface area contributed by atoms with Crippen molar-refractivity contribution in [3.05, 3.63) is 235 Å². The van der Waals surface area contributed by atoms with Gasteiger partial charge < -0.3 is 19.4 Å². The zero-order chi connectivity index (χ0) is 55.6. The van der Waals surface area contributed by atoms with Crippen LogP contribution in [0.15, 0.2) is 227 Å². The summed E-state index contributed by atoms with van der Waals surface area (Å²) in [5.74, 6) is 1.84. The van der Waals surface area contributed by atoms with Crippen molar-refractivity contribution in [3.8, 4) is 33.8 Å². The van der Waals surface area contributed by atoms with E-state index in [2.05, 4.69) is 282 Å². The highest BCUT2D eigenvalue weighted by atomic mass is 32.2. The minimum absolute atomic E-state index is 0.0607. The number of fused-ring (bicyclic) bond motifs is 10. The van der Waals surface area contributed by atoms with E-state index in [0.717, 1.165) is 52.7 Å². The zero-order valence-electron chi connectivity index (χ0n) is 48.3. The van der Waals surface area contributed by atoms with E-state index < -0.39 is 10.9 Å². The molecule has 0 radical (unpaired) electrons. The third kappa shape index (κ3) is 7.32. The maximum Gasteiger partial charge on any atom is 0.256 e. The third-order valence-electron chi connectivity index (χ3n) is 19.8. The van der Waals surface area contributed by atoms with Crippen LogP contribution in [0.25, 0.3) is 22.3 Å². The largest absolute Gasteiger partial charge is 0.458 e. The second kappa shape index (κ2) is 17.7. The van der Waals surface area contributed by atoms with Crippen molar-refractivity contribution >= 4 is 85.2 Å². The van der Waals surface area contributed by atoms with Gasteiger partial charge in [-0.3, -0.25) is 0 Å². The summed E-state index contributed by atoms with van der Waals surface area (Å²) in [4.78, 5) is 11.8. The maximum absolute atomic E-state index is 7.24. The predicted molar refractivity (Wildman–Crippen MR) is 347 cm³/mol. The monoisotopic (exact) mass is 1080 g/mol. The third-order valence-corrected chi connectivity index (χ3v) is 22.4. The number of ether oxygens (including phenoxy) is 1. The maximum atomic E-state index is 7.24. The molecule has 0 amide bonds. The molecule has 1 atom stereocenters. The van der Waals surface area contributed by atoms with Gasteiger partial charge in [0.05, 0.1) is 22.7 Å². The lowest BCUT2D eigenvalue weighted by Crippen LogP contribution is -2.59. The SMILES string of the molecule is CC1(C)CCC(C)(C)c2cc(-c3cc4c5c(c3)N(c3ccccc3)c3cc6c(cc3B5c3ccccc3O4)[SH]3c4ccccc4N(c4ccccc4)c4cc(-c5ccc7c(c5)C(C)(C)CCC7(C)C)cc(c43)N6c3ccccc3)ccc21. The Morgan fingerprint density at radius 3 is 1.38 bits per heavy atom. The average molecular weight is 1080 g/mol. The van der Waals surface area contributed by atoms with Crippen molar-refractivity contribution in [1.82, 2.24) is 0 Å². The molecule has 10 aromatic rings. The highest BCUT2D eigenvalue weighted by Crippen LogP contribution is 2.72. The molecule has 4 aliphatic heterocycles. The lowest BCUT2D eigenvalue weighted by atomic mass is 9.34. The van der Waals surface area contributed by atoms with Gasteiger partial charge >= 0.3 is 0 Å². The van der Waals surface area contributed by atoms with E-state index in [1.54, 1.807) is 0 Å². The molecule has 10 aromatic carbocycles. The van der Waals surface area contributed by atoms with Gasteiger partial charge in [0, 0.05) is 43.1 Å². The molecule has 0 fully saturated rings. The molecule has 4 nitrogen and oxygen atoms in total. The molecule has 2 aliphatic carbocycles. The second-order valence-electron chi connectivity index (χ2n) is 26.6. The summed E-state index contributed by atoms with van der Waals surface area (Å²) in [6.45, 7) is 19.4. The molecule has 4 heterocycles. The predicted octanol–water partition coefficient (Wildman–Crippen LogP) is 19.2. The number of benzene rings is 10. The Balaban J connectivity index is 0.987. The number of thiol groups is 1. The topological polar surface area (TPSA) is 19.0 Å². The molecule has 6 aliphatic rings. The Morgan fingerprint density at radius 1 is 0.341 bits per heavy atom. The van der Waals surface area contributed by atoms with E-state index in [9.17, 15) is 0 Å². The molecule has 0 spiro atoms. The lowest BCUT2D eigenvalue weighted by Gasteiger charge is -2.48. The van der Waals surface area contributed by atoms with Crippen LogP contribution in [-0.4, -0.2) is 6.71 Å². The molecule has 16 rings (SSSR count). The number of hydrogen-bond donors (Lipinski definition) is 1.